The summed E-state index contributed by atoms with van der Waals surface area (Å²) in [7, 11) is 0. The van der Waals surface area contributed by atoms with E-state index in [1.54, 1.807) is 6.33 Å². The highest BCUT2D eigenvalue weighted by atomic mass is 15.0. The molecule has 1 aliphatic rings. The van der Waals surface area contributed by atoms with Gasteiger partial charge in [-0.25, -0.2) is 9.97 Å². The van der Waals surface area contributed by atoms with Crippen LogP contribution in [0, 0.1) is 0 Å². The highest BCUT2D eigenvalue weighted by molar-refractivity contribution is 5.12. The topological polar surface area (TPSA) is 37.8 Å². The minimum absolute atomic E-state index is 0.456. The molecule has 0 aliphatic carbocycles. The van der Waals surface area contributed by atoms with E-state index in [1.165, 1.54) is 19.3 Å². The lowest BCUT2D eigenvalue weighted by atomic mass is 10.0. The van der Waals surface area contributed by atoms with Crippen LogP contribution in [-0.4, -0.2) is 16.5 Å². The molecule has 1 saturated heterocycles. The molecule has 2 heterocycles. The van der Waals surface area contributed by atoms with Crippen molar-refractivity contribution >= 4 is 0 Å². The second-order valence-electron chi connectivity index (χ2n) is 3.79. The Morgan fingerprint density at radius 3 is 3.07 bits per heavy atom. The molecular weight excluding hydrogens is 174 g/mol. The summed E-state index contributed by atoms with van der Waals surface area (Å²) >= 11 is 0. The summed E-state index contributed by atoms with van der Waals surface area (Å²) < 4.78 is 0. The molecule has 2 rings (SSSR count). The fourth-order valence-electron chi connectivity index (χ4n) is 1.90. The molecule has 3 nitrogen and oxygen atoms in total. The number of nitrogens with one attached hydrogen (secondary N) is 1. The zero-order valence-corrected chi connectivity index (χ0v) is 8.66. The fraction of sp³-hybridized carbons (Fsp3) is 0.636. The zero-order chi connectivity index (χ0) is 9.80. The van der Waals surface area contributed by atoms with Crippen molar-refractivity contribution in [3.8, 4) is 0 Å². The van der Waals surface area contributed by atoms with Gasteiger partial charge in [0, 0.05) is 11.7 Å². The molecule has 1 aromatic heterocycles. The third kappa shape index (κ3) is 2.10. The van der Waals surface area contributed by atoms with Gasteiger partial charge < -0.3 is 5.32 Å². The summed E-state index contributed by atoms with van der Waals surface area (Å²) in [6.45, 7) is 3.25. The van der Waals surface area contributed by atoms with Gasteiger partial charge in [-0.2, -0.15) is 0 Å². The maximum atomic E-state index is 4.34. The number of aromatic nitrogens is 2. The van der Waals surface area contributed by atoms with Crippen LogP contribution in [0.5, 0.6) is 0 Å². The van der Waals surface area contributed by atoms with Crippen LogP contribution in [-0.2, 0) is 6.42 Å². The molecule has 0 amide bonds. The molecule has 1 fully saturated rings. The first-order valence-electron chi connectivity index (χ1n) is 5.44. The Hall–Kier alpha value is -0.960. The van der Waals surface area contributed by atoms with Crippen LogP contribution in [0.1, 0.15) is 43.6 Å². The molecule has 1 aliphatic heterocycles. The SMILES string of the molecule is CCc1cc(C2CCCCN2)ncn1. The molecule has 1 aromatic rings. The first-order chi connectivity index (χ1) is 6.90. The largest absolute Gasteiger partial charge is 0.309 e. The first kappa shape index (κ1) is 9.59. The Morgan fingerprint density at radius 2 is 2.36 bits per heavy atom. The quantitative estimate of drug-likeness (QED) is 0.775. The van der Waals surface area contributed by atoms with Crippen LogP contribution in [0.4, 0.5) is 0 Å². The van der Waals surface area contributed by atoms with Crippen molar-refractivity contribution in [2.75, 3.05) is 6.54 Å². The number of piperidine rings is 1. The second-order valence-corrected chi connectivity index (χ2v) is 3.79. The van der Waals surface area contributed by atoms with E-state index in [2.05, 4.69) is 28.3 Å². The Morgan fingerprint density at radius 1 is 1.43 bits per heavy atom. The molecule has 76 valence electrons. The smallest absolute Gasteiger partial charge is 0.115 e. The number of rotatable bonds is 2. The van der Waals surface area contributed by atoms with Crippen LogP contribution < -0.4 is 5.32 Å². The third-order valence-corrected chi connectivity index (χ3v) is 2.77. The van der Waals surface area contributed by atoms with Crippen LogP contribution in [0.25, 0.3) is 0 Å². The highest BCUT2D eigenvalue weighted by Gasteiger charge is 2.15. The highest BCUT2D eigenvalue weighted by Crippen LogP contribution is 2.21. The molecule has 1 N–H and O–H groups in total. The number of hydrogen-bond acceptors (Lipinski definition) is 3. The van der Waals surface area contributed by atoms with Crippen molar-refractivity contribution in [1.29, 1.82) is 0 Å². The van der Waals surface area contributed by atoms with Gasteiger partial charge in [-0.05, 0) is 31.9 Å². The lowest BCUT2D eigenvalue weighted by Crippen LogP contribution is -2.27. The summed E-state index contributed by atoms with van der Waals surface area (Å²) in [5.41, 5.74) is 2.30. The zero-order valence-electron chi connectivity index (χ0n) is 8.66. The number of hydrogen-bond donors (Lipinski definition) is 1. The minimum Gasteiger partial charge on any atom is -0.309 e. The van der Waals surface area contributed by atoms with Crippen molar-refractivity contribution in [2.45, 2.75) is 38.6 Å². The van der Waals surface area contributed by atoms with Crippen molar-refractivity contribution < 1.29 is 0 Å². The maximum absolute atomic E-state index is 4.34. The molecule has 3 heteroatoms. The van der Waals surface area contributed by atoms with Gasteiger partial charge in [0.15, 0.2) is 0 Å². The average Bonchev–Trinajstić information content (AvgIpc) is 2.30. The summed E-state index contributed by atoms with van der Waals surface area (Å²) in [5.74, 6) is 0. The molecule has 1 atom stereocenters. The molecule has 0 saturated carbocycles. The molecule has 0 aromatic carbocycles. The summed E-state index contributed by atoms with van der Waals surface area (Å²) in [5, 5.41) is 3.50. The summed E-state index contributed by atoms with van der Waals surface area (Å²) in [4.78, 5) is 8.55. The Labute approximate surface area is 85.0 Å². The molecule has 14 heavy (non-hydrogen) atoms. The van der Waals surface area contributed by atoms with E-state index in [-0.39, 0.29) is 0 Å². The van der Waals surface area contributed by atoms with Crippen LogP contribution in [0.3, 0.4) is 0 Å². The van der Waals surface area contributed by atoms with Crippen molar-refractivity contribution in [3.05, 3.63) is 23.8 Å². The van der Waals surface area contributed by atoms with Crippen molar-refractivity contribution in [1.82, 2.24) is 15.3 Å². The number of aryl methyl sites for hydroxylation is 1. The van der Waals surface area contributed by atoms with Crippen LogP contribution in [0.2, 0.25) is 0 Å². The second kappa shape index (κ2) is 4.51. The Balaban J connectivity index is 2.13. The predicted octanol–water partition coefficient (Wildman–Crippen LogP) is 1.85. The van der Waals surface area contributed by atoms with E-state index in [9.17, 15) is 0 Å². The summed E-state index contributed by atoms with van der Waals surface area (Å²) in [6, 6.07) is 2.58. The van der Waals surface area contributed by atoms with E-state index < -0.39 is 0 Å². The monoisotopic (exact) mass is 191 g/mol. The maximum Gasteiger partial charge on any atom is 0.115 e. The van der Waals surface area contributed by atoms with Crippen LogP contribution in [0.15, 0.2) is 12.4 Å². The third-order valence-electron chi connectivity index (χ3n) is 2.77. The van der Waals surface area contributed by atoms with E-state index >= 15 is 0 Å². The summed E-state index contributed by atoms with van der Waals surface area (Å²) in [6.07, 6.45) is 6.48. The standard InChI is InChI=1S/C11H17N3/c1-2-9-7-11(14-8-13-9)10-5-3-4-6-12-10/h7-8,10,12H,2-6H2,1H3. The average molecular weight is 191 g/mol. The molecule has 1 unspecified atom stereocenters. The van der Waals surface area contributed by atoms with Gasteiger partial charge in [-0.1, -0.05) is 13.3 Å². The molecule has 0 spiro atoms. The van der Waals surface area contributed by atoms with Crippen molar-refractivity contribution in [3.63, 3.8) is 0 Å². The Bertz CT molecular complexity index is 292. The van der Waals surface area contributed by atoms with E-state index in [0.717, 1.165) is 24.4 Å². The van der Waals surface area contributed by atoms with E-state index in [0.29, 0.717) is 6.04 Å². The van der Waals surface area contributed by atoms with Gasteiger partial charge in [0.05, 0.1) is 5.69 Å². The number of nitrogens with zero attached hydrogens (tertiary/aromatic N) is 2. The van der Waals surface area contributed by atoms with Gasteiger partial charge in [0.2, 0.25) is 0 Å². The van der Waals surface area contributed by atoms with E-state index in [1.807, 2.05) is 0 Å². The lowest BCUT2D eigenvalue weighted by Gasteiger charge is -2.22. The van der Waals surface area contributed by atoms with E-state index in [4.69, 9.17) is 0 Å². The molecule has 0 radical (unpaired) electrons. The molecule has 0 bridgehead atoms. The lowest BCUT2D eigenvalue weighted by molar-refractivity contribution is 0.404. The van der Waals surface area contributed by atoms with Gasteiger partial charge in [0.25, 0.3) is 0 Å². The minimum atomic E-state index is 0.456. The van der Waals surface area contributed by atoms with Gasteiger partial charge in [-0.3, -0.25) is 0 Å². The van der Waals surface area contributed by atoms with Crippen molar-refractivity contribution in [2.24, 2.45) is 0 Å². The fourth-order valence-corrected chi connectivity index (χ4v) is 1.90. The van der Waals surface area contributed by atoms with Gasteiger partial charge in [0.1, 0.15) is 6.33 Å². The predicted molar refractivity (Wildman–Crippen MR) is 56.0 cm³/mol. The first-order valence-corrected chi connectivity index (χ1v) is 5.44. The van der Waals surface area contributed by atoms with Crippen LogP contribution >= 0.6 is 0 Å². The molecular formula is C11H17N3. The normalized spacial score (nSPS) is 22.2. The van der Waals surface area contributed by atoms with Gasteiger partial charge in [-0.15, -0.1) is 0 Å². The Kier molecular flexibility index (Phi) is 3.09. The van der Waals surface area contributed by atoms with Gasteiger partial charge >= 0.3 is 0 Å².